The predicted octanol–water partition coefficient (Wildman–Crippen LogP) is 3.19. The molecule has 0 unspecified atom stereocenters. The SMILES string of the molecule is CC(C)CNC(=O)c1cnn(-c2ccc([N+](=O)[O-])cc2)c1C(F)(F)F. The van der Waals surface area contributed by atoms with Crippen molar-refractivity contribution in [3.05, 3.63) is 51.8 Å². The summed E-state index contributed by atoms with van der Waals surface area (Å²) in [7, 11) is 0. The molecule has 1 N–H and O–H groups in total. The van der Waals surface area contributed by atoms with E-state index in [2.05, 4.69) is 10.4 Å². The van der Waals surface area contributed by atoms with Crippen LogP contribution in [0.5, 0.6) is 0 Å². The summed E-state index contributed by atoms with van der Waals surface area (Å²) in [6.45, 7) is 3.84. The van der Waals surface area contributed by atoms with E-state index in [1.807, 2.05) is 13.8 Å². The molecule has 10 heteroatoms. The number of halogens is 3. The Morgan fingerprint density at radius 2 is 1.92 bits per heavy atom. The van der Waals surface area contributed by atoms with E-state index in [4.69, 9.17) is 0 Å². The molecule has 0 saturated heterocycles. The van der Waals surface area contributed by atoms with Crippen LogP contribution >= 0.6 is 0 Å². The van der Waals surface area contributed by atoms with Crippen molar-refractivity contribution in [1.29, 1.82) is 0 Å². The van der Waals surface area contributed by atoms with Crippen LogP contribution in [0.15, 0.2) is 30.5 Å². The van der Waals surface area contributed by atoms with Gasteiger partial charge in [-0.1, -0.05) is 13.8 Å². The molecule has 7 nitrogen and oxygen atoms in total. The number of hydrogen-bond acceptors (Lipinski definition) is 4. The molecule has 0 fully saturated rings. The number of alkyl halides is 3. The maximum atomic E-state index is 13.4. The van der Waals surface area contributed by atoms with Gasteiger partial charge in [-0.05, 0) is 18.1 Å². The fraction of sp³-hybridized carbons (Fsp3) is 0.333. The first kappa shape index (κ1) is 18.4. The molecule has 1 amide bonds. The van der Waals surface area contributed by atoms with Gasteiger partial charge >= 0.3 is 6.18 Å². The van der Waals surface area contributed by atoms with Crippen molar-refractivity contribution in [2.45, 2.75) is 20.0 Å². The van der Waals surface area contributed by atoms with Crippen LogP contribution in [-0.4, -0.2) is 27.2 Å². The Morgan fingerprint density at radius 1 is 1.32 bits per heavy atom. The Morgan fingerprint density at radius 3 is 2.40 bits per heavy atom. The Balaban J connectivity index is 2.45. The molecule has 134 valence electrons. The number of carbonyl (C=O) groups is 1. The number of hydrogen-bond donors (Lipinski definition) is 1. The third kappa shape index (κ3) is 4.14. The lowest BCUT2D eigenvalue weighted by Crippen LogP contribution is -2.29. The number of aromatic nitrogens is 2. The number of benzene rings is 1. The zero-order valence-electron chi connectivity index (χ0n) is 13.4. The van der Waals surface area contributed by atoms with E-state index in [0.29, 0.717) is 4.68 Å². The molecule has 0 aliphatic heterocycles. The van der Waals surface area contributed by atoms with Gasteiger partial charge in [-0.25, -0.2) is 4.68 Å². The summed E-state index contributed by atoms with van der Waals surface area (Å²) in [5.74, 6) is -0.808. The van der Waals surface area contributed by atoms with Crippen LogP contribution in [0.4, 0.5) is 18.9 Å². The Bertz CT molecular complexity index is 782. The van der Waals surface area contributed by atoms with Crippen LogP contribution < -0.4 is 5.32 Å². The molecular formula is C15H15F3N4O3. The minimum Gasteiger partial charge on any atom is -0.352 e. The number of rotatable bonds is 5. The van der Waals surface area contributed by atoms with Crippen molar-refractivity contribution in [2.24, 2.45) is 5.92 Å². The van der Waals surface area contributed by atoms with Crippen molar-refractivity contribution in [3.63, 3.8) is 0 Å². The number of nitro groups is 1. The second-order valence-corrected chi connectivity index (χ2v) is 5.69. The maximum Gasteiger partial charge on any atom is 0.434 e. The van der Waals surface area contributed by atoms with Gasteiger partial charge in [0.1, 0.15) is 0 Å². The van der Waals surface area contributed by atoms with Gasteiger partial charge < -0.3 is 5.32 Å². The molecule has 1 aromatic heterocycles. The van der Waals surface area contributed by atoms with Gasteiger partial charge in [0.25, 0.3) is 11.6 Å². The van der Waals surface area contributed by atoms with Crippen LogP contribution in [0.3, 0.4) is 0 Å². The summed E-state index contributed by atoms with van der Waals surface area (Å²) >= 11 is 0. The average Bonchev–Trinajstić information content (AvgIpc) is 2.98. The molecule has 0 bridgehead atoms. The van der Waals surface area contributed by atoms with E-state index in [1.165, 1.54) is 0 Å². The van der Waals surface area contributed by atoms with Gasteiger partial charge in [0.2, 0.25) is 0 Å². The van der Waals surface area contributed by atoms with E-state index >= 15 is 0 Å². The van der Waals surface area contributed by atoms with Crippen LogP contribution in [0.1, 0.15) is 29.9 Å². The van der Waals surface area contributed by atoms with Gasteiger partial charge in [0, 0.05) is 18.7 Å². The van der Waals surface area contributed by atoms with Crippen molar-refractivity contribution in [1.82, 2.24) is 15.1 Å². The molecule has 2 rings (SSSR count). The molecule has 1 aromatic carbocycles. The standard InChI is InChI=1S/C15H15F3N4O3/c1-9(2)7-19-14(23)12-8-20-21(13(12)15(16,17)18)10-3-5-11(6-4-10)22(24)25/h3-6,8-9H,7H2,1-2H3,(H,19,23). The minimum absolute atomic E-state index is 0.0409. The van der Waals surface area contributed by atoms with E-state index in [1.54, 1.807) is 0 Å². The van der Waals surface area contributed by atoms with Gasteiger partial charge in [-0.3, -0.25) is 14.9 Å². The van der Waals surface area contributed by atoms with Crippen LogP contribution in [0.2, 0.25) is 0 Å². The van der Waals surface area contributed by atoms with E-state index in [0.717, 1.165) is 30.5 Å². The zero-order valence-corrected chi connectivity index (χ0v) is 13.4. The largest absolute Gasteiger partial charge is 0.434 e. The van der Waals surface area contributed by atoms with Crippen molar-refractivity contribution >= 4 is 11.6 Å². The highest BCUT2D eigenvalue weighted by Gasteiger charge is 2.40. The second kappa shape index (κ2) is 6.91. The molecule has 25 heavy (non-hydrogen) atoms. The zero-order chi connectivity index (χ0) is 18.8. The quantitative estimate of drug-likeness (QED) is 0.658. The third-order valence-corrected chi connectivity index (χ3v) is 3.26. The summed E-state index contributed by atoms with van der Waals surface area (Å²) < 4.78 is 40.9. The fourth-order valence-electron chi connectivity index (χ4n) is 2.09. The Labute approximate surface area is 140 Å². The number of nitrogens with one attached hydrogen (secondary N) is 1. The lowest BCUT2D eigenvalue weighted by molar-refractivity contribution is -0.384. The van der Waals surface area contributed by atoms with Gasteiger partial charge in [0.05, 0.1) is 22.4 Å². The highest BCUT2D eigenvalue weighted by atomic mass is 19.4. The van der Waals surface area contributed by atoms with Gasteiger partial charge in [-0.15, -0.1) is 0 Å². The molecule has 1 heterocycles. The van der Waals surface area contributed by atoms with E-state index in [9.17, 15) is 28.1 Å². The Hall–Kier alpha value is -2.91. The van der Waals surface area contributed by atoms with Gasteiger partial charge in [0.15, 0.2) is 5.69 Å². The van der Waals surface area contributed by atoms with Crippen LogP contribution in [-0.2, 0) is 6.18 Å². The molecule has 0 aliphatic carbocycles. The monoisotopic (exact) mass is 356 g/mol. The molecule has 0 radical (unpaired) electrons. The first-order chi connectivity index (χ1) is 11.6. The number of non-ortho nitro benzene ring substituents is 1. The Kier molecular flexibility index (Phi) is 5.10. The molecule has 0 aliphatic rings. The molecule has 2 aromatic rings. The summed E-state index contributed by atoms with van der Waals surface area (Å²) in [5.41, 5.74) is -2.14. The minimum atomic E-state index is -4.83. The smallest absolute Gasteiger partial charge is 0.352 e. The van der Waals surface area contributed by atoms with Crippen LogP contribution in [0, 0.1) is 16.0 Å². The summed E-state index contributed by atoms with van der Waals surface area (Å²) in [5, 5.41) is 16.7. The van der Waals surface area contributed by atoms with Crippen molar-refractivity contribution in [2.75, 3.05) is 6.54 Å². The lowest BCUT2D eigenvalue weighted by Gasteiger charge is -2.13. The maximum absolute atomic E-state index is 13.4. The summed E-state index contributed by atoms with van der Waals surface area (Å²) in [6.07, 6.45) is -4.00. The molecular weight excluding hydrogens is 341 g/mol. The molecule has 0 spiro atoms. The van der Waals surface area contributed by atoms with Crippen molar-refractivity contribution < 1.29 is 22.9 Å². The van der Waals surface area contributed by atoms with E-state index < -0.39 is 28.3 Å². The summed E-state index contributed by atoms with van der Waals surface area (Å²) in [4.78, 5) is 22.0. The normalized spacial score (nSPS) is 11.6. The lowest BCUT2D eigenvalue weighted by atomic mass is 10.2. The number of amides is 1. The second-order valence-electron chi connectivity index (χ2n) is 5.69. The fourth-order valence-corrected chi connectivity index (χ4v) is 2.09. The number of carbonyl (C=O) groups excluding carboxylic acids is 1. The van der Waals surface area contributed by atoms with Crippen molar-refractivity contribution in [3.8, 4) is 5.69 Å². The summed E-state index contributed by atoms with van der Waals surface area (Å²) in [6, 6.07) is 4.40. The first-order valence-corrected chi connectivity index (χ1v) is 7.29. The molecule has 0 atom stereocenters. The number of nitro benzene ring substituents is 1. The van der Waals surface area contributed by atoms with Gasteiger partial charge in [-0.2, -0.15) is 18.3 Å². The highest BCUT2D eigenvalue weighted by molar-refractivity contribution is 5.95. The topological polar surface area (TPSA) is 90.1 Å². The van der Waals surface area contributed by atoms with E-state index in [-0.39, 0.29) is 23.8 Å². The highest BCUT2D eigenvalue weighted by Crippen LogP contribution is 2.33. The molecule has 0 saturated carbocycles. The third-order valence-electron chi connectivity index (χ3n) is 3.26. The first-order valence-electron chi connectivity index (χ1n) is 7.29. The number of nitrogens with zero attached hydrogens (tertiary/aromatic N) is 3. The average molecular weight is 356 g/mol. The predicted molar refractivity (Wildman–Crippen MR) is 82.4 cm³/mol. The van der Waals surface area contributed by atoms with Crippen LogP contribution in [0.25, 0.3) is 5.69 Å².